The molecule has 0 aliphatic rings. The lowest BCUT2D eigenvalue weighted by Gasteiger charge is -2.16. The summed E-state index contributed by atoms with van der Waals surface area (Å²) in [7, 11) is 3.08. The average Bonchev–Trinajstić information content (AvgIpc) is 2.28. The first-order valence-corrected chi connectivity index (χ1v) is 5.00. The number of thiocarbonyl (C=S) groups is 1. The van der Waals surface area contributed by atoms with E-state index < -0.39 is 0 Å². The highest BCUT2D eigenvalue weighted by molar-refractivity contribution is 7.80. The lowest BCUT2D eigenvalue weighted by Crippen LogP contribution is -2.27. The molecule has 0 unspecified atom stereocenters. The molecule has 16 heavy (non-hydrogen) atoms. The molecule has 0 saturated heterocycles. The molecule has 0 aliphatic carbocycles. The number of nitrogens with two attached hydrogens (primary N) is 1. The minimum absolute atomic E-state index is 0.129. The first-order chi connectivity index (χ1) is 7.54. The van der Waals surface area contributed by atoms with Crippen molar-refractivity contribution in [2.45, 2.75) is 0 Å². The lowest BCUT2D eigenvalue weighted by molar-refractivity contribution is -0.138. The Hall–Kier alpha value is -1.69. The van der Waals surface area contributed by atoms with Crippen molar-refractivity contribution >= 4 is 29.0 Å². The van der Waals surface area contributed by atoms with Gasteiger partial charge in [-0.3, -0.25) is 4.79 Å². The number of carbonyl (C=O) groups is 1. The maximum absolute atomic E-state index is 11.1. The summed E-state index contributed by atoms with van der Waals surface area (Å²) in [5.74, 6) is 0.292. The SMILES string of the molecule is COC(=O)CN(C)c1cccc(C(N)=S)n1. The van der Waals surface area contributed by atoms with Crippen LogP contribution in [0.1, 0.15) is 5.69 Å². The van der Waals surface area contributed by atoms with Gasteiger partial charge < -0.3 is 15.4 Å². The topological polar surface area (TPSA) is 68.5 Å². The summed E-state index contributed by atoms with van der Waals surface area (Å²) < 4.78 is 4.56. The summed E-state index contributed by atoms with van der Waals surface area (Å²) in [4.78, 5) is 17.2. The number of aromatic nitrogens is 1. The second kappa shape index (κ2) is 5.41. The predicted molar refractivity (Wildman–Crippen MR) is 65.4 cm³/mol. The molecule has 0 amide bonds. The number of esters is 1. The van der Waals surface area contributed by atoms with Crippen molar-refractivity contribution in [1.29, 1.82) is 0 Å². The fourth-order valence-electron chi connectivity index (χ4n) is 1.11. The van der Waals surface area contributed by atoms with Crippen LogP contribution in [0.3, 0.4) is 0 Å². The number of carbonyl (C=O) groups excluding carboxylic acids is 1. The fourth-order valence-corrected chi connectivity index (χ4v) is 1.23. The van der Waals surface area contributed by atoms with E-state index in [0.29, 0.717) is 11.5 Å². The highest BCUT2D eigenvalue weighted by Crippen LogP contribution is 2.09. The second-order valence-electron chi connectivity index (χ2n) is 3.18. The normalized spacial score (nSPS) is 9.62. The smallest absolute Gasteiger partial charge is 0.325 e. The summed E-state index contributed by atoms with van der Waals surface area (Å²) in [5.41, 5.74) is 6.00. The minimum Gasteiger partial charge on any atom is -0.468 e. The van der Waals surface area contributed by atoms with Crippen LogP contribution in [0.5, 0.6) is 0 Å². The number of likely N-dealkylation sites (N-methyl/N-ethyl adjacent to an activating group) is 1. The first-order valence-electron chi connectivity index (χ1n) is 4.59. The molecule has 0 atom stereocenters. The molecule has 5 nitrogen and oxygen atoms in total. The Labute approximate surface area is 99.2 Å². The van der Waals surface area contributed by atoms with Gasteiger partial charge in [-0.15, -0.1) is 0 Å². The number of rotatable bonds is 4. The number of hydrogen-bond acceptors (Lipinski definition) is 5. The van der Waals surface area contributed by atoms with Crippen LogP contribution in [0, 0.1) is 0 Å². The van der Waals surface area contributed by atoms with Crippen molar-refractivity contribution in [3.63, 3.8) is 0 Å². The van der Waals surface area contributed by atoms with Crippen LogP contribution >= 0.6 is 12.2 Å². The van der Waals surface area contributed by atoms with Gasteiger partial charge in [0.05, 0.1) is 12.8 Å². The van der Waals surface area contributed by atoms with Crippen LogP contribution in [0.2, 0.25) is 0 Å². The van der Waals surface area contributed by atoms with E-state index in [0.717, 1.165) is 0 Å². The molecule has 0 radical (unpaired) electrons. The Kier molecular flexibility index (Phi) is 4.19. The van der Waals surface area contributed by atoms with Gasteiger partial charge in [-0.2, -0.15) is 0 Å². The third-order valence-corrected chi connectivity index (χ3v) is 2.18. The largest absolute Gasteiger partial charge is 0.468 e. The summed E-state index contributed by atoms with van der Waals surface area (Å²) >= 11 is 4.82. The van der Waals surface area contributed by atoms with E-state index in [9.17, 15) is 4.79 Å². The van der Waals surface area contributed by atoms with E-state index >= 15 is 0 Å². The summed E-state index contributed by atoms with van der Waals surface area (Å²) in [6, 6.07) is 5.27. The summed E-state index contributed by atoms with van der Waals surface area (Å²) in [5, 5.41) is 0. The van der Waals surface area contributed by atoms with Crippen molar-refractivity contribution in [3.05, 3.63) is 23.9 Å². The summed E-state index contributed by atoms with van der Waals surface area (Å²) in [6.45, 7) is 0.129. The standard InChI is InChI=1S/C10H13N3O2S/c1-13(6-9(14)15-2)8-5-3-4-7(12-8)10(11)16/h3-5H,6H2,1-2H3,(H2,11,16). The maximum Gasteiger partial charge on any atom is 0.325 e. The van der Waals surface area contributed by atoms with Crippen LogP contribution in [0.4, 0.5) is 5.82 Å². The van der Waals surface area contributed by atoms with Gasteiger partial charge in [0, 0.05) is 7.05 Å². The van der Waals surface area contributed by atoms with E-state index in [1.807, 2.05) is 0 Å². The van der Waals surface area contributed by atoms with Gasteiger partial charge in [0.15, 0.2) is 0 Å². The molecular formula is C10H13N3O2S. The third kappa shape index (κ3) is 3.16. The van der Waals surface area contributed by atoms with Crippen molar-refractivity contribution in [2.75, 3.05) is 25.6 Å². The molecule has 0 saturated carbocycles. The van der Waals surface area contributed by atoms with Gasteiger partial charge in [-0.05, 0) is 12.1 Å². The molecule has 0 aromatic carbocycles. The number of anilines is 1. The van der Waals surface area contributed by atoms with Crippen LogP contribution in [-0.4, -0.2) is 36.6 Å². The number of hydrogen-bond donors (Lipinski definition) is 1. The maximum atomic E-state index is 11.1. The quantitative estimate of drug-likeness (QED) is 0.603. The molecule has 86 valence electrons. The molecule has 2 N–H and O–H groups in total. The number of methoxy groups -OCH3 is 1. The van der Waals surface area contributed by atoms with E-state index in [1.165, 1.54) is 7.11 Å². The molecule has 6 heteroatoms. The van der Waals surface area contributed by atoms with E-state index in [-0.39, 0.29) is 17.5 Å². The molecule has 1 heterocycles. The van der Waals surface area contributed by atoms with Crippen molar-refractivity contribution in [3.8, 4) is 0 Å². The van der Waals surface area contributed by atoms with Gasteiger partial charge >= 0.3 is 5.97 Å². The number of pyridine rings is 1. The van der Waals surface area contributed by atoms with E-state index in [1.54, 1.807) is 30.1 Å². The van der Waals surface area contributed by atoms with Gasteiger partial charge in [0.1, 0.15) is 17.4 Å². The average molecular weight is 239 g/mol. The molecule has 0 spiro atoms. The Balaban J connectivity index is 2.83. The monoisotopic (exact) mass is 239 g/mol. The molecule has 1 aromatic rings. The van der Waals surface area contributed by atoms with E-state index in [2.05, 4.69) is 9.72 Å². The lowest BCUT2D eigenvalue weighted by atomic mass is 10.3. The van der Waals surface area contributed by atoms with Gasteiger partial charge in [-0.25, -0.2) is 4.98 Å². The minimum atomic E-state index is -0.329. The Morgan fingerprint density at radius 1 is 1.62 bits per heavy atom. The van der Waals surface area contributed by atoms with Crippen LogP contribution in [0.15, 0.2) is 18.2 Å². The second-order valence-corrected chi connectivity index (χ2v) is 3.62. The predicted octanol–water partition coefficient (Wildman–Crippen LogP) is 0.325. The fraction of sp³-hybridized carbons (Fsp3) is 0.300. The third-order valence-electron chi connectivity index (χ3n) is 1.97. The van der Waals surface area contributed by atoms with Gasteiger partial charge in [0.25, 0.3) is 0 Å². The number of nitrogens with zero attached hydrogens (tertiary/aromatic N) is 2. The van der Waals surface area contributed by atoms with Gasteiger partial charge in [-0.1, -0.05) is 18.3 Å². The van der Waals surface area contributed by atoms with Crippen molar-refractivity contribution < 1.29 is 9.53 Å². The summed E-state index contributed by atoms with van der Waals surface area (Å²) in [6.07, 6.45) is 0. The Bertz CT molecular complexity index is 409. The van der Waals surface area contributed by atoms with Gasteiger partial charge in [0.2, 0.25) is 0 Å². The Morgan fingerprint density at radius 3 is 2.88 bits per heavy atom. The van der Waals surface area contributed by atoms with Crippen LogP contribution < -0.4 is 10.6 Å². The molecule has 0 aliphatic heterocycles. The van der Waals surface area contributed by atoms with Crippen LogP contribution in [0.25, 0.3) is 0 Å². The Morgan fingerprint density at radius 2 is 2.31 bits per heavy atom. The zero-order valence-corrected chi connectivity index (χ0v) is 9.95. The zero-order valence-electron chi connectivity index (χ0n) is 9.14. The highest BCUT2D eigenvalue weighted by atomic mass is 32.1. The van der Waals surface area contributed by atoms with Crippen molar-refractivity contribution in [1.82, 2.24) is 4.98 Å². The molecule has 0 fully saturated rings. The number of ether oxygens (including phenoxy) is 1. The first kappa shape index (κ1) is 12.4. The molecule has 1 aromatic heterocycles. The molecule has 1 rings (SSSR count). The van der Waals surface area contributed by atoms with E-state index in [4.69, 9.17) is 18.0 Å². The van der Waals surface area contributed by atoms with Crippen LogP contribution in [-0.2, 0) is 9.53 Å². The van der Waals surface area contributed by atoms with Crippen molar-refractivity contribution in [2.24, 2.45) is 5.73 Å². The molecule has 0 bridgehead atoms. The highest BCUT2D eigenvalue weighted by Gasteiger charge is 2.09. The molecular weight excluding hydrogens is 226 g/mol. The zero-order chi connectivity index (χ0) is 12.1.